The maximum absolute atomic E-state index is 11.4. The molecule has 0 aromatic rings. The standard InChI is InChI=1S/C14H18O9/c1-4-5-18-13-12(20-8(3)16)11-10(22-14(17)23-11)9(21-13)6-19-7(2)15/h4,9-13H,1,5-6H2,2-3H3/t9-,10+,11+,12-,13-/m1/s1. The van der Waals surface area contributed by atoms with Crippen molar-refractivity contribution in [2.45, 2.75) is 44.6 Å². The third kappa shape index (κ3) is 4.20. The third-order valence-electron chi connectivity index (χ3n) is 3.19. The Morgan fingerprint density at radius 3 is 2.52 bits per heavy atom. The molecule has 2 saturated heterocycles. The Labute approximate surface area is 132 Å². The van der Waals surface area contributed by atoms with Gasteiger partial charge in [0.25, 0.3) is 0 Å². The Kier molecular flexibility index (Phi) is 5.56. The first-order valence-corrected chi connectivity index (χ1v) is 6.98. The van der Waals surface area contributed by atoms with Gasteiger partial charge in [-0.15, -0.1) is 6.58 Å². The van der Waals surface area contributed by atoms with Crippen LogP contribution in [0.4, 0.5) is 4.79 Å². The van der Waals surface area contributed by atoms with Gasteiger partial charge < -0.3 is 28.4 Å². The molecule has 2 heterocycles. The minimum atomic E-state index is -1.02. The smallest absolute Gasteiger partial charge is 0.463 e. The molecule has 0 unspecified atom stereocenters. The molecule has 128 valence electrons. The molecule has 0 aliphatic carbocycles. The predicted molar refractivity (Wildman–Crippen MR) is 72.1 cm³/mol. The van der Waals surface area contributed by atoms with E-state index < -0.39 is 48.8 Å². The molecule has 2 aliphatic rings. The van der Waals surface area contributed by atoms with Crippen molar-refractivity contribution >= 4 is 18.1 Å². The maximum atomic E-state index is 11.4. The minimum Gasteiger partial charge on any atom is -0.463 e. The van der Waals surface area contributed by atoms with Crippen LogP contribution in [0.5, 0.6) is 0 Å². The summed E-state index contributed by atoms with van der Waals surface area (Å²) in [6, 6.07) is 0. The summed E-state index contributed by atoms with van der Waals surface area (Å²) in [6.07, 6.45) is -4.07. The molecule has 9 nitrogen and oxygen atoms in total. The number of ether oxygens (including phenoxy) is 6. The molecule has 0 bridgehead atoms. The minimum absolute atomic E-state index is 0.120. The van der Waals surface area contributed by atoms with Gasteiger partial charge in [-0.05, 0) is 0 Å². The molecule has 23 heavy (non-hydrogen) atoms. The monoisotopic (exact) mass is 330 g/mol. The number of esters is 2. The van der Waals surface area contributed by atoms with E-state index in [9.17, 15) is 14.4 Å². The Balaban J connectivity index is 2.18. The van der Waals surface area contributed by atoms with Crippen LogP contribution in [0, 0.1) is 0 Å². The zero-order valence-electron chi connectivity index (χ0n) is 12.8. The van der Waals surface area contributed by atoms with Crippen LogP contribution < -0.4 is 0 Å². The second-order valence-corrected chi connectivity index (χ2v) is 4.96. The first kappa shape index (κ1) is 17.2. The van der Waals surface area contributed by atoms with Crippen LogP contribution in [0.25, 0.3) is 0 Å². The van der Waals surface area contributed by atoms with E-state index in [1.165, 1.54) is 19.9 Å². The van der Waals surface area contributed by atoms with Crippen molar-refractivity contribution in [1.82, 2.24) is 0 Å². The summed E-state index contributed by atoms with van der Waals surface area (Å²) in [5.41, 5.74) is 0. The van der Waals surface area contributed by atoms with Gasteiger partial charge in [-0.3, -0.25) is 9.59 Å². The van der Waals surface area contributed by atoms with Crippen molar-refractivity contribution in [1.29, 1.82) is 0 Å². The lowest BCUT2D eigenvalue weighted by Crippen LogP contribution is -2.59. The van der Waals surface area contributed by atoms with Crippen LogP contribution in [-0.4, -0.2) is 62.0 Å². The van der Waals surface area contributed by atoms with E-state index in [2.05, 4.69) is 6.58 Å². The number of carbonyl (C=O) groups is 3. The van der Waals surface area contributed by atoms with E-state index in [1.54, 1.807) is 0 Å². The lowest BCUT2D eigenvalue weighted by Gasteiger charge is -2.39. The normalized spacial score (nSPS) is 32.3. The topological polar surface area (TPSA) is 107 Å². The summed E-state index contributed by atoms with van der Waals surface area (Å²) >= 11 is 0. The van der Waals surface area contributed by atoms with Crippen LogP contribution in [0.2, 0.25) is 0 Å². The van der Waals surface area contributed by atoms with Crippen molar-refractivity contribution in [3.63, 3.8) is 0 Å². The largest absolute Gasteiger partial charge is 0.509 e. The lowest BCUT2D eigenvalue weighted by molar-refractivity contribution is -0.283. The van der Waals surface area contributed by atoms with Gasteiger partial charge >= 0.3 is 18.1 Å². The molecule has 0 aromatic carbocycles. The number of carbonyl (C=O) groups excluding carboxylic acids is 3. The molecule has 0 radical (unpaired) electrons. The highest BCUT2D eigenvalue weighted by molar-refractivity contribution is 5.67. The predicted octanol–water partition coefficient (Wildman–Crippen LogP) is 0.313. The molecule has 5 atom stereocenters. The molecule has 0 amide bonds. The van der Waals surface area contributed by atoms with Gasteiger partial charge in [0.15, 0.2) is 24.6 Å². The SMILES string of the molecule is C=CCO[C@@H]1O[C@H](COC(C)=O)[C@@H]2OC(=O)O[C@@H]2[C@H]1OC(C)=O. The Morgan fingerprint density at radius 2 is 1.91 bits per heavy atom. The van der Waals surface area contributed by atoms with Crippen molar-refractivity contribution in [3.05, 3.63) is 12.7 Å². The summed E-state index contributed by atoms with van der Waals surface area (Å²) in [4.78, 5) is 33.7. The van der Waals surface area contributed by atoms with Gasteiger partial charge in [0.2, 0.25) is 0 Å². The van der Waals surface area contributed by atoms with Crippen LogP contribution in [0.1, 0.15) is 13.8 Å². The second-order valence-electron chi connectivity index (χ2n) is 4.96. The molecule has 0 spiro atoms. The number of rotatable bonds is 6. The molecule has 0 aromatic heterocycles. The van der Waals surface area contributed by atoms with Gasteiger partial charge in [-0.2, -0.15) is 0 Å². The van der Waals surface area contributed by atoms with Crippen molar-refractivity contribution in [3.8, 4) is 0 Å². The van der Waals surface area contributed by atoms with Crippen molar-refractivity contribution in [2.75, 3.05) is 13.2 Å². The van der Waals surface area contributed by atoms with Crippen LogP contribution in [0.15, 0.2) is 12.7 Å². The fourth-order valence-corrected chi connectivity index (χ4v) is 2.35. The second kappa shape index (κ2) is 7.42. The Morgan fingerprint density at radius 1 is 1.22 bits per heavy atom. The highest BCUT2D eigenvalue weighted by Gasteiger charge is 2.56. The van der Waals surface area contributed by atoms with E-state index >= 15 is 0 Å². The third-order valence-corrected chi connectivity index (χ3v) is 3.19. The summed E-state index contributed by atoms with van der Waals surface area (Å²) in [6.45, 7) is 5.93. The molecular weight excluding hydrogens is 312 g/mol. The Bertz CT molecular complexity index is 489. The number of hydrogen-bond acceptors (Lipinski definition) is 9. The molecular formula is C14H18O9. The van der Waals surface area contributed by atoms with E-state index in [0.717, 1.165) is 0 Å². The van der Waals surface area contributed by atoms with Gasteiger partial charge in [-0.1, -0.05) is 6.08 Å². The summed E-state index contributed by atoms with van der Waals surface area (Å²) < 4.78 is 31.2. The zero-order valence-corrected chi connectivity index (χ0v) is 12.8. The van der Waals surface area contributed by atoms with Crippen molar-refractivity contribution in [2.24, 2.45) is 0 Å². The van der Waals surface area contributed by atoms with E-state index in [0.29, 0.717) is 0 Å². The van der Waals surface area contributed by atoms with E-state index in [4.69, 9.17) is 28.4 Å². The van der Waals surface area contributed by atoms with E-state index in [-0.39, 0.29) is 13.2 Å². The van der Waals surface area contributed by atoms with Crippen molar-refractivity contribution < 1.29 is 42.8 Å². The molecule has 2 aliphatic heterocycles. The van der Waals surface area contributed by atoms with Gasteiger partial charge in [0, 0.05) is 13.8 Å². The summed E-state index contributed by atoms with van der Waals surface area (Å²) in [5, 5.41) is 0. The average molecular weight is 330 g/mol. The highest BCUT2D eigenvalue weighted by Crippen LogP contribution is 2.33. The first-order valence-electron chi connectivity index (χ1n) is 6.98. The fourth-order valence-electron chi connectivity index (χ4n) is 2.35. The van der Waals surface area contributed by atoms with Gasteiger partial charge in [0.1, 0.15) is 12.7 Å². The van der Waals surface area contributed by atoms with Gasteiger partial charge in [0.05, 0.1) is 6.61 Å². The van der Waals surface area contributed by atoms with Crippen LogP contribution in [-0.2, 0) is 38.0 Å². The summed E-state index contributed by atoms with van der Waals surface area (Å²) in [5.74, 6) is -1.10. The van der Waals surface area contributed by atoms with Gasteiger partial charge in [-0.25, -0.2) is 4.79 Å². The first-order chi connectivity index (χ1) is 10.9. The highest BCUT2D eigenvalue weighted by atomic mass is 16.8. The average Bonchev–Trinajstić information content (AvgIpc) is 2.86. The number of fused-ring (bicyclic) bond motifs is 1. The molecule has 0 N–H and O–H groups in total. The fraction of sp³-hybridized carbons (Fsp3) is 0.643. The maximum Gasteiger partial charge on any atom is 0.509 e. The zero-order chi connectivity index (χ0) is 17.0. The Hall–Kier alpha value is -2.13. The van der Waals surface area contributed by atoms with Crippen LogP contribution >= 0.6 is 0 Å². The molecule has 2 rings (SSSR count). The lowest BCUT2D eigenvalue weighted by atomic mass is 9.99. The summed E-state index contributed by atoms with van der Waals surface area (Å²) in [7, 11) is 0. The molecule has 0 saturated carbocycles. The van der Waals surface area contributed by atoms with E-state index in [1.807, 2.05) is 0 Å². The van der Waals surface area contributed by atoms with Crippen LogP contribution in [0.3, 0.4) is 0 Å². The molecule has 2 fully saturated rings. The molecule has 9 heteroatoms. The quantitative estimate of drug-likeness (QED) is 0.386. The number of hydrogen-bond donors (Lipinski definition) is 0.